The van der Waals surface area contributed by atoms with E-state index < -0.39 is 95.0 Å². The van der Waals surface area contributed by atoms with E-state index in [0.29, 0.717) is 5.56 Å². The van der Waals surface area contributed by atoms with Crippen LogP contribution >= 0.6 is 0 Å². The number of carbonyl (C=O) groups excluding carboxylic acids is 2. The van der Waals surface area contributed by atoms with Gasteiger partial charge >= 0.3 is 12.1 Å². The highest BCUT2D eigenvalue weighted by molar-refractivity contribution is 7.86. The van der Waals surface area contributed by atoms with Crippen molar-refractivity contribution in [1.82, 2.24) is 0 Å². The van der Waals surface area contributed by atoms with Crippen molar-refractivity contribution in [2.45, 2.75) is 26.5 Å². The number of benzene rings is 7. The molecule has 380 valence electrons. The third kappa shape index (κ3) is 11.9. The van der Waals surface area contributed by atoms with Gasteiger partial charge in [-0.05, 0) is 120 Å². The number of rotatable bonds is 14. The highest BCUT2D eigenvalue weighted by atomic mass is 32.2. The van der Waals surface area contributed by atoms with E-state index in [1.54, 1.807) is 13.0 Å². The number of fused-ring (bicyclic) bond motifs is 2. The lowest BCUT2D eigenvalue weighted by molar-refractivity contribution is 0.261. The molecule has 0 bridgehead atoms. The van der Waals surface area contributed by atoms with Crippen LogP contribution in [0.1, 0.15) is 5.56 Å². The Morgan fingerprint density at radius 3 is 1.21 bits per heavy atom. The number of azo groups is 2. The van der Waals surface area contributed by atoms with Crippen LogP contribution in [-0.2, 0) is 40.5 Å². The number of urea groups is 2. The zero-order valence-electron chi connectivity index (χ0n) is 37.3. The van der Waals surface area contributed by atoms with E-state index in [9.17, 15) is 71.7 Å². The number of ether oxygens (including phenoxy) is 2. The quantitative estimate of drug-likeness (QED) is 0.0359. The first-order chi connectivity index (χ1) is 34.1. The minimum Gasteiger partial charge on any atom is -0.505 e. The fourth-order valence-corrected chi connectivity index (χ4v) is 9.60. The molecule has 0 unspecified atom stereocenters. The molecule has 7 aromatic rings. The highest BCUT2D eigenvalue weighted by Crippen LogP contribution is 2.44. The second-order valence-electron chi connectivity index (χ2n) is 15.2. The monoisotopic (exact) mass is 1080 g/mol. The summed E-state index contributed by atoms with van der Waals surface area (Å²) in [6.07, 6.45) is 0. The van der Waals surface area contributed by atoms with E-state index >= 15 is 0 Å². The average molecular weight is 1080 g/mol. The number of amides is 4. The summed E-state index contributed by atoms with van der Waals surface area (Å²) in [6, 6.07) is 18.9. The van der Waals surface area contributed by atoms with Gasteiger partial charge in [-0.15, -0.1) is 10.2 Å². The molecule has 0 saturated heterocycles. The standard InChI is InChI=1S/C43H36N8O18S4/c1-21-4-5-26(46-42(54)44-24-6-10-29-22(14-24)16-36(72(62,63)64)38(40(29)52)50-48-27-8-12-32(68-2)34(19-27)70(56,57)58)18-31(21)47-43(55)45-25-7-11-30-23(15-25)17-37(73(65,66)67)39(41(30)53)51-49-28-9-13-33(69-3)35(20-28)71(59,60)61/h4-20,52-53H,1-3H3,(H2,44,46,54)(H2,45,47,55)(H,56,57,58)(H,59,60,61)(H,62,63,64)(H,65,66,67). The molecule has 0 spiro atoms. The third-order valence-electron chi connectivity index (χ3n) is 10.3. The first kappa shape index (κ1) is 52.5. The summed E-state index contributed by atoms with van der Waals surface area (Å²) in [7, 11) is -17.5. The van der Waals surface area contributed by atoms with Crippen LogP contribution in [0.25, 0.3) is 21.5 Å². The van der Waals surface area contributed by atoms with Crippen LogP contribution in [-0.4, -0.2) is 88.4 Å². The molecule has 0 heterocycles. The number of hydrogen-bond donors (Lipinski definition) is 10. The Morgan fingerprint density at radius 2 is 0.822 bits per heavy atom. The molecule has 73 heavy (non-hydrogen) atoms. The van der Waals surface area contributed by atoms with Crippen LogP contribution in [0.5, 0.6) is 23.0 Å². The van der Waals surface area contributed by atoms with E-state index in [1.165, 1.54) is 60.7 Å². The molecule has 0 aliphatic carbocycles. The van der Waals surface area contributed by atoms with Crippen molar-refractivity contribution >= 4 is 120 Å². The summed E-state index contributed by atoms with van der Waals surface area (Å²) >= 11 is 0. The predicted octanol–water partition coefficient (Wildman–Crippen LogP) is 8.84. The fraction of sp³-hybridized carbons (Fsp3) is 0.0698. The van der Waals surface area contributed by atoms with E-state index in [2.05, 4.69) is 41.7 Å². The summed E-state index contributed by atoms with van der Waals surface area (Å²) in [5, 5.41) is 47.4. The molecule has 0 fully saturated rings. The van der Waals surface area contributed by atoms with Crippen molar-refractivity contribution in [2.24, 2.45) is 20.5 Å². The van der Waals surface area contributed by atoms with Crippen LogP contribution in [0, 0.1) is 6.92 Å². The van der Waals surface area contributed by atoms with Gasteiger partial charge in [-0.3, -0.25) is 18.2 Å². The summed E-state index contributed by atoms with van der Waals surface area (Å²) in [6.45, 7) is 1.64. The fourth-order valence-electron chi connectivity index (χ4n) is 6.93. The van der Waals surface area contributed by atoms with E-state index in [1.807, 2.05) is 0 Å². The van der Waals surface area contributed by atoms with Gasteiger partial charge in [0.1, 0.15) is 42.5 Å². The van der Waals surface area contributed by atoms with E-state index in [4.69, 9.17) is 9.47 Å². The highest BCUT2D eigenvalue weighted by Gasteiger charge is 2.25. The van der Waals surface area contributed by atoms with Gasteiger partial charge in [0.2, 0.25) is 0 Å². The van der Waals surface area contributed by atoms with Crippen molar-refractivity contribution < 1.29 is 81.2 Å². The van der Waals surface area contributed by atoms with Crippen LogP contribution in [0.15, 0.2) is 143 Å². The zero-order valence-corrected chi connectivity index (χ0v) is 40.6. The topological polar surface area (TPSA) is 408 Å². The van der Waals surface area contributed by atoms with Gasteiger partial charge < -0.3 is 41.0 Å². The number of nitrogens with one attached hydrogen (secondary N) is 4. The minimum atomic E-state index is -5.11. The molecule has 0 saturated carbocycles. The molecule has 0 aliphatic heterocycles. The summed E-state index contributed by atoms with van der Waals surface area (Å²) in [4.78, 5) is 23.2. The number of phenolic OH excluding ortho intramolecular Hbond substituents is 2. The predicted molar refractivity (Wildman–Crippen MR) is 261 cm³/mol. The van der Waals surface area contributed by atoms with Gasteiger partial charge in [0.05, 0.1) is 25.6 Å². The molecule has 30 heteroatoms. The molecular formula is C43H36N8O18S4. The van der Waals surface area contributed by atoms with E-state index in [-0.39, 0.29) is 67.2 Å². The molecule has 0 atom stereocenters. The molecule has 26 nitrogen and oxygen atoms in total. The Kier molecular flexibility index (Phi) is 14.4. The second-order valence-corrected chi connectivity index (χ2v) is 20.7. The molecular weight excluding hydrogens is 1040 g/mol. The lowest BCUT2D eigenvalue weighted by Crippen LogP contribution is -2.21. The number of methoxy groups -OCH3 is 2. The van der Waals surface area contributed by atoms with Gasteiger partial charge in [-0.2, -0.15) is 43.9 Å². The molecule has 10 N–H and O–H groups in total. The minimum absolute atomic E-state index is 0.00593. The molecule has 0 radical (unpaired) electrons. The van der Waals surface area contributed by atoms with Crippen molar-refractivity contribution in [3.63, 3.8) is 0 Å². The second kappa shape index (κ2) is 20.0. The summed E-state index contributed by atoms with van der Waals surface area (Å²) in [5.41, 5.74) is -0.861. The van der Waals surface area contributed by atoms with Crippen LogP contribution in [0.4, 0.5) is 55.1 Å². The number of nitrogens with zero attached hydrogens (tertiary/aromatic N) is 4. The molecule has 4 amide bonds. The van der Waals surface area contributed by atoms with Crippen LogP contribution in [0.2, 0.25) is 0 Å². The van der Waals surface area contributed by atoms with Gasteiger partial charge in [0, 0.05) is 33.5 Å². The Morgan fingerprint density at radius 1 is 0.452 bits per heavy atom. The van der Waals surface area contributed by atoms with Crippen molar-refractivity contribution in [3.8, 4) is 23.0 Å². The molecule has 0 aromatic heterocycles. The Bertz CT molecular complexity index is 3990. The first-order valence-electron chi connectivity index (χ1n) is 20.1. The smallest absolute Gasteiger partial charge is 0.323 e. The van der Waals surface area contributed by atoms with Gasteiger partial charge in [-0.1, -0.05) is 6.07 Å². The normalized spacial score (nSPS) is 12.3. The van der Waals surface area contributed by atoms with Gasteiger partial charge in [-0.25, -0.2) is 9.59 Å². The average Bonchev–Trinajstić information content (AvgIpc) is 3.30. The first-order valence-corrected chi connectivity index (χ1v) is 25.9. The maximum absolute atomic E-state index is 13.2. The Balaban J connectivity index is 1.06. The van der Waals surface area contributed by atoms with Crippen molar-refractivity contribution in [1.29, 1.82) is 0 Å². The molecule has 7 aromatic carbocycles. The number of phenols is 2. The number of anilines is 4. The maximum Gasteiger partial charge on any atom is 0.323 e. The third-order valence-corrected chi connectivity index (χ3v) is 13.8. The lowest BCUT2D eigenvalue weighted by atomic mass is 10.1. The van der Waals surface area contributed by atoms with Crippen molar-refractivity contribution in [3.05, 3.63) is 109 Å². The SMILES string of the molecule is COc1ccc(N=Nc2c(S(=O)(=O)O)cc3cc(NC(=O)Nc4ccc(C)c(NC(=O)Nc5ccc6c(O)c(N=Nc7ccc(OC)c(S(=O)(=O)O)c7)c(S(=O)(=O)O)cc6c5)c4)ccc3c2O)cc1S(=O)(=O)O. The lowest BCUT2D eigenvalue weighted by Gasteiger charge is -2.14. The Labute approximate surface area is 413 Å². The summed E-state index contributed by atoms with van der Waals surface area (Å²) < 4.78 is 146. The molecule has 0 aliphatic rings. The Hall–Kier alpha value is -8.36. The largest absolute Gasteiger partial charge is 0.505 e. The maximum atomic E-state index is 13.2. The van der Waals surface area contributed by atoms with Crippen LogP contribution in [0.3, 0.4) is 0 Å². The number of carbonyl (C=O) groups is 2. The summed E-state index contributed by atoms with van der Waals surface area (Å²) in [5.74, 6) is -2.01. The number of aromatic hydroxyl groups is 2. The van der Waals surface area contributed by atoms with E-state index in [0.717, 1.165) is 50.6 Å². The number of aryl methyl sites for hydroxylation is 1. The zero-order chi connectivity index (χ0) is 53.4. The number of hydrogen-bond acceptors (Lipinski definition) is 18. The van der Waals surface area contributed by atoms with Crippen LogP contribution < -0.4 is 30.7 Å². The van der Waals surface area contributed by atoms with Gasteiger partial charge in [0.25, 0.3) is 40.5 Å². The van der Waals surface area contributed by atoms with Crippen molar-refractivity contribution in [2.75, 3.05) is 35.5 Å². The molecule has 7 rings (SSSR count). The van der Waals surface area contributed by atoms with Gasteiger partial charge in [0.15, 0.2) is 11.5 Å².